The Hall–Kier alpha value is -2.49. The Labute approximate surface area is 217 Å². The molecule has 0 aliphatic rings. The molecule has 8 nitrogen and oxygen atoms in total. The molecule has 0 saturated carbocycles. The van der Waals surface area contributed by atoms with Gasteiger partial charge in [-0.15, -0.1) is 0 Å². The van der Waals surface area contributed by atoms with Crippen molar-refractivity contribution in [3.05, 3.63) is 58.1 Å². The van der Waals surface area contributed by atoms with Crippen molar-refractivity contribution in [2.45, 2.75) is 39.3 Å². The largest absolute Gasteiger partial charge is 0.497 e. The lowest BCUT2D eigenvalue weighted by molar-refractivity contribution is -0.140. The zero-order valence-corrected chi connectivity index (χ0v) is 22.6. The van der Waals surface area contributed by atoms with Crippen LogP contribution in [0.4, 0.5) is 5.69 Å². The van der Waals surface area contributed by atoms with Crippen LogP contribution in [0.2, 0.25) is 10.0 Å². The third-order valence-electron chi connectivity index (χ3n) is 5.33. The molecule has 0 unspecified atom stereocenters. The Morgan fingerprint density at radius 2 is 1.74 bits per heavy atom. The average molecular weight is 545 g/mol. The van der Waals surface area contributed by atoms with Gasteiger partial charge in [0.2, 0.25) is 21.8 Å². The van der Waals surface area contributed by atoms with Gasteiger partial charge in [-0.1, -0.05) is 43.1 Å². The molecular formula is C24H31Cl2N3O5S. The van der Waals surface area contributed by atoms with Crippen molar-refractivity contribution in [3.63, 3.8) is 0 Å². The number of ether oxygens (including phenoxy) is 1. The molecule has 0 fully saturated rings. The van der Waals surface area contributed by atoms with E-state index in [9.17, 15) is 18.0 Å². The third kappa shape index (κ3) is 8.02. The SMILES string of the molecule is CCCNC(=O)[C@@H](CC)N(Cc1ccc(Cl)cc1Cl)C(=O)CN(c1ccc(OC)cc1)S(C)(=O)=O. The summed E-state index contributed by atoms with van der Waals surface area (Å²) in [6.07, 6.45) is 2.09. The van der Waals surface area contributed by atoms with Gasteiger partial charge in [-0.2, -0.15) is 0 Å². The van der Waals surface area contributed by atoms with Gasteiger partial charge < -0.3 is 15.0 Å². The molecule has 11 heteroatoms. The number of hydrogen-bond acceptors (Lipinski definition) is 5. The molecule has 0 aliphatic heterocycles. The van der Waals surface area contributed by atoms with Crippen molar-refractivity contribution in [2.75, 3.05) is 30.8 Å². The van der Waals surface area contributed by atoms with Crippen molar-refractivity contribution < 1.29 is 22.7 Å². The first-order valence-corrected chi connectivity index (χ1v) is 13.7. The van der Waals surface area contributed by atoms with Crippen molar-refractivity contribution in [1.82, 2.24) is 10.2 Å². The predicted molar refractivity (Wildman–Crippen MR) is 140 cm³/mol. The molecule has 2 aromatic rings. The molecule has 35 heavy (non-hydrogen) atoms. The number of methoxy groups -OCH3 is 1. The lowest BCUT2D eigenvalue weighted by Crippen LogP contribution is -2.52. The van der Waals surface area contributed by atoms with E-state index >= 15 is 0 Å². The van der Waals surface area contributed by atoms with E-state index in [2.05, 4.69) is 5.32 Å². The predicted octanol–water partition coefficient (Wildman–Crippen LogP) is 4.10. The van der Waals surface area contributed by atoms with Crippen LogP contribution in [0.5, 0.6) is 5.75 Å². The normalized spacial score (nSPS) is 12.1. The lowest BCUT2D eigenvalue weighted by atomic mass is 10.1. The molecule has 0 spiro atoms. The van der Waals surface area contributed by atoms with Crippen molar-refractivity contribution in [2.24, 2.45) is 0 Å². The maximum Gasteiger partial charge on any atom is 0.244 e. The van der Waals surface area contributed by atoms with E-state index in [0.29, 0.717) is 40.0 Å². The fourth-order valence-corrected chi connectivity index (χ4v) is 4.80. The molecule has 0 heterocycles. The van der Waals surface area contributed by atoms with Gasteiger partial charge in [0.05, 0.1) is 19.1 Å². The fraction of sp³-hybridized carbons (Fsp3) is 0.417. The number of nitrogens with one attached hydrogen (secondary N) is 1. The number of carbonyl (C=O) groups excluding carboxylic acids is 2. The minimum atomic E-state index is -3.82. The molecule has 0 bridgehead atoms. The van der Waals surface area contributed by atoms with Crippen LogP contribution in [0.1, 0.15) is 32.3 Å². The van der Waals surface area contributed by atoms with E-state index in [1.807, 2.05) is 6.92 Å². The average Bonchev–Trinajstić information content (AvgIpc) is 2.81. The summed E-state index contributed by atoms with van der Waals surface area (Å²) in [5.41, 5.74) is 0.885. The summed E-state index contributed by atoms with van der Waals surface area (Å²) in [6, 6.07) is 10.4. The summed E-state index contributed by atoms with van der Waals surface area (Å²) in [4.78, 5) is 27.9. The van der Waals surface area contributed by atoms with Gasteiger partial charge in [0, 0.05) is 23.1 Å². The molecule has 0 radical (unpaired) electrons. The quantitative estimate of drug-likeness (QED) is 0.434. The van der Waals surface area contributed by atoms with Crippen LogP contribution in [-0.2, 0) is 26.2 Å². The van der Waals surface area contributed by atoms with Crippen molar-refractivity contribution in [1.29, 1.82) is 0 Å². The third-order valence-corrected chi connectivity index (χ3v) is 7.06. The van der Waals surface area contributed by atoms with Crippen LogP contribution < -0.4 is 14.4 Å². The summed E-state index contributed by atoms with van der Waals surface area (Å²) < 4.78 is 31.4. The van der Waals surface area contributed by atoms with Gasteiger partial charge in [0.15, 0.2) is 0 Å². The highest BCUT2D eigenvalue weighted by Gasteiger charge is 2.32. The van der Waals surface area contributed by atoms with Crippen LogP contribution in [0.25, 0.3) is 0 Å². The number of hydrogen-bond donors (Lipinski definition) is 1. The Balaban J connectivity index is 2.44. The zero-order valence-electron chi connectivity index (χ0n) is 20.3. The highest BCUT2D eigenvalue weighted by Crippen LogP contribution is 2.25. The van der Waals surface area contributed by atoms with Gasteiger partial charge in [-0.05, 0) is 54.8 Å². The molecule has 2 rings (SSSR count). The maximum absolute atomic E-state index is 13.6. The van der Waals surface area contributed by atoms with Crippen molar-refractivity contribution >= 4 is 50.7 Å². The molecule has 1 atom stereocenters. The first-order chi connectivity index (χ1) is 16.5. The van der Waals surface area contributed by atoms with Crippen LogP contribution >= 0.6 is 23.2 Å². The zero-order chi connectivity index (χ0) is 26.2. The Kier molecular flexibility index (Phi) is 10.7. The number of rotatable bonds is 12. The van der Waals surface area contributed by atoms with Crippen LogP contribution in [0, 0.1) is 0 Å². The van der Waals surface area contributed by atoms with Gasteiger partial charge in [0.25, 0.3) is 0 Å². The monoisotopic (exact) mass is 543 g/mol. The van der Waals surface area contributed by atoms with Gasteiger partial charge in [0.1, 0.15) is 18.3 Å². The second-order valence-corrected chi connectivity index (χ2v) is 10.7. The molecular weight excluding hydrogens is 513 g/mol. The Bertz CT molecular complexity index is 1130. The number of halogens is 2. The molecule has 2 aromatic carbocycles. The summed E-state index contributed by atoms with van der Waals surface area (Å²) in [7, 11) is -2.32. The van der Waals surface area contributed by atoms with Crippen LogP contribution in [0.3, 0.4) is 0 Å². The maximum atomic E-state index is 13.6. The summed E-state index contributed by atoms with van der Waals surface area (Å²) in [5, 5.41) is 3.60. The van der Waals surface area contributed by atoms with E-state index < -0.39 is 28.5 Å². The molecule has 1 N–H and O–H groups in total. The highest BCUT2D eigenvalue weighted by molar-refractivity contribution is 7.92. The van der Waals surface area contributed by atoms with Crippen molar-refractivity contribution in [3.8, 4) is 5.75 Å². The van der Waals surface area contributed by atoms with E-state index in [0.717, 1.165) is 17.0 Å². The van der Waals surface area contributed by atoms with Gasteiger partial charge >= 0.3 is 0 Å². The van der Waals surface area contributed by atoms with E-state index in [4.69, 9.17) is 27.9 Å². The molecule has 2 amide bonds. The minimum absolute atomic E-state index is 0.00705. The second-order valence-electron chi connectivity index (χ2n) is 7.94. The first-order valence-electron chi connectivity index (χ1n) is 11.1. The number of amides is 2. The minimum Gasteiger partial charge on any atom is -0.497 e. The van der Waals surface area contributed by atoms with E-state index in [-0.39, 0.29) is 12.5 Å². The first kappa shape index (κ1) is 28.7. The topological polar surface area (TPSA) is 96.0 Å². The number of sulfonamides is 1. The van der Waals surface area contributed by atoms with E-state index in [1.165, 1.54) is 12.0 Å². The number of carbonyl (C=O) groups is 2. The smallest absolute Gasteiger partial charge is 0.244 e. The highest BCUT2D eigenvalue weighted by atomic mass is 35.5. The molecule has 0 saturated heterocycles. The van der Waals surface area contributed by atoms with E-state index in [1.54, 1.807) is 49.4 Å². The molecule has 0 aromatic heterocycles. The molecule has 0 aliphatic carbocycles. The summed E-state index contributed by atoms with van der Waals surface area (Å²) in [6.45, 7) is 3.69. The van der Waals surface area contributed by atoms with Gasteiger partial charge in [-0.3, -0.25) is 13.9 Å². The van der Waals surface area contributed by atoms with Gasteiger partial charge in [-0.25, -0.2) is 8.42 Å². The Morgan fingerprint density at radius 1 is 1.09 bits per heavy atom. The van der Waals surface area contributed by atoms with Crippen LogP contribution in [0.15, 0.2) is 42.5 Å². The molecule has 192 valence electrons. The number of benzene rings is 2. The second kappa shape index (κ2) is 13.0. The summed E-state index contributed by atoms with van der Waals surface area (Å²) >= 11 is 12.4. The lowest BCUT2D eigenvalue weighted by Gasteiger charge is -2.33. The number of nitrogens with zero attached hydrogens (tertiary/aromatic N) is 2. The fourth-order valence-electron chi connectivity index (χ4n) is 3.48. The number of anilines is 1. The Morgan fingerprint density at radius 3 is 2.26 bits per heavy atom. The standard InChI is InChI=1S/C24H31Cl2N3O5S/c1-5-13-27-24(31)22(6-2)28(15-17-7-8-18(25)14-21(17)26)23(30)16-29(35(4,32)33)19-9-11-20(34-3)12-10-19/h7-12,14,22H,5-6,13,15-16H2,1-4H3,(H,27,31)/t22-/m1/s1. The summed E-state index contributed by atoms with van der Waals surface area (Å²) in [5.74, 6) is -0.315. The van der Waals surface area contributed by atoms with Crippen LogP contribution in [-0.4, -0.2) is 57.6 Å².